The number of carbonyl (C=O) groups excluding carboxylic acids is 1. The Morgan fingerprint density at radius 2 is 2.10 bits per heavy atom. The first-order valence-electron chi connectivity index (χ1n) is 5.98. The van der Waals surface area contributed by atoms with Gasteiger partial charge in [-0.25, -0.2) is 4.98 Å². The Morgan fingerprint density at radius 1 is 1.25 bits per heavy atom. The molecule has 0 atom stereocenters. The van der Waals surface area contributed by atoms with Crippen LogP contribution in [0.2, 0.25) is 0 Å². The lowest BCUT2D eigenvalue weighted by molar-refractivity contribution is 0.103. The highest BCUT2D eigenvalue weighted by Crippen LogP contribution is 2.29. The van der Waals surface area contributed by atoms with Gasteiger partial charge in [0.2, 0.25) is 0 Å². The first-order chi connectivity index (χ1) is 9.65. The highest BCUT2D eigenvalue weighted by Gasteiger charge is 2.11. The molecule has 0 fully saturated rings. The summed E-state index contributed by atoms with van der Waals surface area (Å²) in [7, 11) is 1.63. The van der Waals surface area contributed by atoms with E-state index >= 15 is 0 Å². The third kappa shape index (κ3) is 2.52. The molecule has 0 radical (unpaired) electrons. The summed E-state index contributed by atoms with van der Waals surface area (Å²) in [6.07, 6.45) is 0. The number of methoxy groups -OCH3 is 1. The molecule has 3 aromatic rings. The number of fused-ring (bicyclic) bond motifs is 1. The Labute approximate surface area is 124 Å². The van der Waals surface area contributed by atoms with E-state index < -0.39 is 0 Å². The van der Waals surface area contributed by atoms with Gasteiger partial charge in [-0.2, -0.15) is 0 Å². The fraction of sp³-hybridized carbons (Fsp3) is 0.143. The van der Waals surface area contributed by atoms with Gasteiger partial charge in [-0.1, -0.05) is 11.3 Å². The maximum Gasteiger partial charge on any atom is 0.267 e. The van der Waals surface area contributed by atoms with Gasteiger partial charge in [0.05, 0.1) is 22.2 Å². The summed E-state index contributed by atoms with van der Waals surface area (Å²) < 4.78 is 6.17. The average molecular weight is 304 g/mol. The van der Waals surface area contributed by atoms with Crippen molar-refractivity contribution >= 4 is 43.9 Å². The van der Waals surface area contributed by atoms with Gasteiger partial charge in [-0.05, 0) is 37.3 Å². The summed E-state index contributed by atoms with van der Waals surface area (Å²) in [5, 5.41) is 3.44. The van der Waals surface area contributed by atoms with Crippen molar-refractivity contribution in [2.75, 3.05) is 12.4 Å². The lowest BCUT2D eigenvalue weighted by Gasteiger charge is -1.97. The number of hydrogen-bond acceptors (Lipinski definition) is 5. The van der Waals surface area contributed by atoms with E-state index in [4.69, 9.17) is 4.74 Å². The standard InChI is InChI=1S/C14H12N2O2S2/c1-8-3-6-11(19-8)13(17)16-14-15-10-5-4-9(18-2)7-12(10)20-14/h3-7H,1-2H3,(H,15,16,17). The predicted octanol–water partition coefficient (Wildman–Crippen LogP) is 3.93. The second-order valence-electron chi connectivity index (χ2n) is 4.22. The van der Waals surface area contributed by atoms with Crippen molar-refractivity contribution in [3.63, 3.8) is 0 Å². The number of anilines is 1. The number of aromatic nitrogens is 1. The molecule has 1 amide bonds. The number of nitrogens with one attached hydrogen (secondary N) is 1. The smallest absolute Gasteiger partial charge is 0.267 e. The molecule has 3 rings (SSSR count). The number of thiophene rings is 1. The van der Waals surface area contributed by atoms with Gasteiger partial charge >= 0.3 is 0 Å². The zero-order valence-corrected chi connectivity index (χ0v) is 12.6. The van der Waals surface area contributed by atoms with Crippen LogP contribution in [0, 0.1) is 6.92 Å². The van der Waals surface area contributed by atoms with Crippen LogP contribution >= 0.6 is 22.7 Å². The molecule has 0 saturated heterocycles. The molecule has 0 aliphatic rings. The number of hydrogen-bond donors (Lipinski definition) is 1. The number of nitrogens with zero attached hydrogens (tertiary/aromatic N) is 1. The van der Waals surface area contributed by atoms with Gasteiger partial charge in [0, 0.05) is 4.88 Å². The average Bonchev–Trinajstić information content (AvgIpc) is 3.03. The minimum atomic E-state index is -0.117. The van der Waals surface area contributed by atoms with E-state index in [1.54, 1.807) is 7.11 Å². The topological polar surface area (TPSA) is 51.2 Å². The molecule has 4 nitrogen and oxygen atoms in total. The lowest BCUT2D eigenvalue weighted by Crippen LogP contribution is -2.09. The van der Waals surface area contributed by atoms with Gasteiger partial charge in [-0.3, -0.25) is 10.1 Å². The summed E-state index contributed by atoms with van der Waals surface area (Å²) in [5.41, 5.74) is 0.855. The van der Waals surface area contributed by atoms with Crippen LogP contribution in [0.5, 0.6) is 5.75 Å². The van der Waals surface area contributed by atoms with Crippen molar-refractivity contribution in [3.05, 3.63) is 40.1 Å². The molecular weight excluding hydrogens is 292 g/mol. The molecule has 1 aromatic carbocycles. The summed E-state index contributed by atoms with van der Waals surface area (Å²) in [6, 6.07) is 9.42. The molecule has 2 aromatic heterocycles. The number of aryl methyl sites for hydroxylation is 1. The van der Waals surface area contributed by atoms with Crippen LogP contribution in [-0.4, -0.2) is 18.0 Å². The van der Waals surface area contributed by atoms with Crippen LogP contribution in [0.1, 0.15) is 14.5 Å². The maximum absolute atomic E-state index is 12.1. The number of ether oxygens (including phenoxy) is 1. The Morgan fingerprint density at radius 3 is 2.80 bits per heavy atom. The van der Waals surface area contributed by atoms with Crippen molar-refractivity contribution in [1.82, 2.24) is 4.98 Å². The molecule has 0 saturated carbocycles. The Hall–Kier alpha value is -1.92. The summed E-state index contributed by atoms with van der Waals surface area (Å²) in [6.45, 7) is 1.98. The van der Waals surface area contributed by atoms with Crippen LogP contribution in [0.3, 0.4) is 0 Å². The second kappa shape index (κ2) is 5.22. The van der Waals surface area contributed by atoms with Crippen LogP contribution < -0.4 is 10.1 Å². The summed E-state index contributed by atoms with van der Waals surface area (Å²) in [4.78, 5) is 18.3. The Balaban J connectivity index is 1.85. The third-order valence-corrected chi connectivity index (χ3v) is 4.71. The molecule has 0 aliphatic heterocycles. The predicted molar refractivity (Wildman–Crippen MR) is 83.2 cm³/mol. The van der Waals surface area contributed by atoms with E-state index in [9.17, 15) is 4.79 Å². The highest BCUT2D eigenvalue weighted by atomic mass is 32.1. The van der Waals surface area contributed by atoms with Gasteiger partial charge in [0.15, 0.2) is 5.13 Å². The van der Waals surface area contributed by atoms with Gasteiger partial charge in [0.25, 0.3) is 5.91 Å². The zero-order chi connectivity index (χ0) is 14.1. The normalized spacial score (nSPS) is 10.7. The van der Waals surface area contributed by atoms with Gasteiger partial charge in [0.1, 0.15) is 5.75 Å². The first kappa shape index (κ1) is 13.1. The molecule has 0 spiro atoms. The van der Waals surface area contributed by atoms with Crippen molar-refractivity contribution in [3.8, 4) is 5.75 Å². The fourth-order valence-corrected chi connectivity index (χ4v) is 3.45. The molecule has 6 heteroatoms. The van der Waals surface area contributed by atoms with E-state index in [0.717, 1.165) is 20.8 Å². The van der Waals surface area contributed by atoms with Crippen LogP contribution in [0.25, 0.3) is 10.2 Å². The number of carbonyl (C=O) groups is 1. The van der Waals surface area contributed by atoms with E-state index in [-0.39, 0.29) is 5.91 Å². The van der Waals surface area contributed by atoms with E-state index in [1.807, 2.05) is 37.3 Å². The molecule has 20 heavy (non-hydrogen) atoms. The summed E-state index contributed by atoms with van der Waals surface area (Å²) in [5.74, 6) is 0.669. The zero-order valence-electron chi connectivity index (χ0n) is 11.0. The van der Waals surface area contributed by atoms with Crippen molar-refractivity contribution in [1.29, 1.82) is 0 Å². The van der Waals surface area contributed by atoms with Crippen LogP contribution in [0.15, 0.2) is 30.3 Å². The Kier molecular flexibility index (Phi) is 3.42. The number of thiazole rings is 1. The van der Waals surface area contributed by atoms with E-state index in [0.29, 0.717) is 10.0 Å². The molecule has 0 aliphatic carbocycles. The monoisotopic (exact) mass is 304 g/mol. The SMILES string of the molecule is COc1ccc2nc(NC(=O)c3ccc(C)s3)sc2c1. The van der Waals surface area contributed by atoms with Gasteiger partial charge in [-0.15, -0.1) is 11.3 Å². The fourth-order valence-electron chi connectivity index (χ4n) is 1.80. The third-order valence-electron chi connectivity index (χ3n) is 2.78. The van der Waals surface area contributed by atoms with E-state index in [1.165, 1.54) is 22.7 Å². The lowest BCUT2D eigenvalue weighted by atomic mass is 10.3. The highest BCUT2D eigenvalue weighted by molar-refractivity contribution is 7.22. The first-order valence-corrected chi connectivity index (χ1v) is 7.61. The van der Waals surface area contributed by atoms with Gasteiger partial charge < -0.3 is 4.74 Å². The molecule has 2 heterocycles. The molecule has 0 unspecified atom stereocenters. The molecule has 102 valence electrons. The minimum Gasteiger partial charge on any atom is -0.497 e. The second-order valence-corrected chi connectivity index (χ2v) is 6.54. The quantitative estimate of drug-likeness (QED) is 0.797. The molecule has 0 bridgehead atoms. The van der Waals surface area contributed by atoms with E-state index in [2.05, 4.69) is 10.3 Å². The van der Waals surface area contributed by atoms with Crippen LogP contribution in [-0.2, 0) is 0 Å². The Bertz CT molecular complexity index is 776. The number of rotatable bonds is 3. The molecular formula is C14H12N2O2S2. The summed E-state index contributed by atoms with van der Waals surface area (Å²) >= 11 is 2.91. The number of benzene rings is 1. The maximum atomic E-state index is 12.1. The van der Waals surface area contributed by atoms with Crippen molar-refractivity contribution < 1.29 is 9.53 Å². The van der Waals surface area contributed by atoms with Crippen LogP contribution in [0.4, 0.5) is 5.13 Å². The number of amides is 1. The minimum absolute atomic E-state index is 0.117. The van der Waals surface area contributed by atoms with Crippen molar-refractivity contribution in [2.45, 2.75) is 6.92 Å². The van der Waals surface area contributed by atoms with Crippen molar-refractivity contribution in [2.24, 2.45) is 0 Å². The molecule has 1 N–H and O–H groups in total. The largest absolute Gasteiger partial charge is 0.497 e.